The zero-order valence-corrected chi connectivity index (χ0v) is 9.94. The van der Waals surface area contributed by atoms with Gasteiger partial charge in [-0.25, -0.2) is 5.84 Å². The van der Waals surface area contributed by atoms with Crippen LogP contribution in [0.5, 0.6) is 0 Å². The van der Waals surface area contributed by atoms with E-state index in [-0.39, 0.29) is 11.2 Å². The highest BCUT2D eigenvalue weighted by Gasteiger charge is 2.11. The van der Waals surface area contributed by atoms with Gasteiger partial charge in [0.05, 0.1) is 5.25 Å². The maximum Gasteiger partial charge on any atom is 0.246 e. The van der Waals surface area contributed by atoms with Gasteiger partial charge in [0.1, 0.15) is 0 Å². The van der Waals surface area contributed by atoms with E-state index in [1.54, 1.807) is 0 Å². The summed E-state index contributed by atoms with van der Waals surface area (Å²) in [7, 11) is 0. The molecule has 82 valence electrons. The Morgan fingerprint density at radius 2 is 2.13 bits per heavy atom. The van der Waals surface area contributed by atoms with Crippen molar-refractivity contribution in [2.75, 3.05) is 0 Å². The van der Waals surface area contributed by atoms with Gasteiger partial charge in [-0.1, -0.05) is 23.7 Å². The van der Waals surface area contributed by atoms with E-state index in [0.717, 1.165) is 16.3 Å². The third-order valence-electron chi connectivity index (χ3n) is 1.92. The van der Waals surface area contributed by atoms with E-state index in [1.165, 1.54) is 11.8 Å². The quantitative estimate of drug-likeness (QED) is 0.484. The van der Waals surface area contributed by atoms with Crippen molar-refractivity contribution in [1.29, 1.82) is 0 Å². The minimum Gasteiger partial charge on any atom is -0.293 e. The van der Waals surface area contributed by atoms with Crippen molar-refractivity contribution in [3.63, 3.8) is 0 Å². The van der Waals surface area contributed by atoms with Crippen LogP contribution in [0.25, 0.3) is 0 Å². The maximum absolute atomic E-state index is 11.1. The minimum atomic E-state index is -0.158. The van der Waals surface area contributed by atoms with Gasteiger partial charge < -0.3 is 0 Å². The molecule has 0 heterocycles. The van der Waals surface area contributed by atoms with E-state index in [4.69, 9.17) is 17.4 Å². The first-order valence-corrected chi connectivity index (χ1v) is 5.92. The fourth-order valence-corrected chi connectivity index (χ4v) is 1.98. The van der Waals surface area contributed by atoms with Gasteiger partial charge >= 0.3 is 0 Å². The fraction of sp³-hybridized carbons (Fsp3) is 0.300. The van der Waals surface area contributed by atoms with Crippen LogP contribution in [0.15, 0.2) is 24.3 Å². The van der Waals surface area contributed by atoms with Gasteiger partial charge in [0, 0.05) is 10.8 Å². The first-order chi connectivity index (χ1) is 7.13. The van der Waals surface area contributed by atoms with Crippen LogP contribution < -0.4 is 11.3 Å². The normalized spacial score (nSPS) is 12.2. The van der Waals surface area contributed by atoms with Crippen LogP contribution in [0.2, 0.25) is 5.02 Å². The Morgan fingerprint density at radius 1 is 1.53 bits per heavy atom. The minimum absolute atomic E-state index is 0.148. The van der Waals surface area contributed by atoms with Gasteiger partial charge in [-0.05, 0) is 24.6 Å². The van der Waals surface area contributed by atoms with Gasteiger partial charge in [-0.2, -0.15) is 0 Å². The highest BCUT2D eigenvalue weighted by Crippen LogP contribution is 2.19. The number of carbonyl (C=O) groups excluding carboxylic acids is 1. The van der Waals surface area contributed by atoms with Gasteiger partial charge in [0.2, 0.25) is 5.91 Å². The second-order valence-corrected chi connectivity index (χ2v) is 4.85. The summed E-state index contributed by atoms with van der Waals surface area (Å²) < 4.78 is 0. The average Bonchev–Trinajstić information content (AvgIpc) is 2.26. The Kier molecular flexibility index (Phi) is 4.94. The van der Waals surface area contributed by atoms with Crippen LogP contribution in [0, 0.1) is 0 Å². The number of hydrogen-bond donors (Lipinski definition) is 2. The van der Waals surface area contributed by atoms with Crippen molar-refractivity contribution < 1.29 is 4.79 Å². The number of hydrazine groups is 1. The number of benzene rings is 1. The highest BCUT2D eigenvalue weighted by atomic mass is 35.5. The van der Waals surface area contributed by atoms with Crippen LogP contribution in [0.3, 0.4) is 0 Å². The van der Waals surface area contributed by atoms with Gasteiger partial charge in [-0.15, -0.1) is 11.8 Å². The number of halogens is 1. The number of nitrogens with one attached hydrogen (secondary N) is 1. The summed E-state index contributed by atoms with van der Waals surface area (Å²) in [5.41, 5.74) is 3.27. The SMILES string of the molecule is CC(SCc1ccc(Cl)cc1)C(=O)NN. The molecule has 0 bridgehead atoms. The molecule has 0 aromatic heterocycles. The topological polar surface area (TPSA) is 55.1 Å². The third-order valence-corrected chi connectivity index (χ3v) is 3.39. The molecule has 3 N–H and O–H groups in total. The molecule has 0 aliphatic rings. The molecule has 3 nitrogen and oxygen atoms in total. The Hall–Kier alpha value is -0.710. The van der Waals surface area contributed by atoms with Crippen molar-refractivity contribution in [1.82, 2.24) is 5.43 Å². The monoisotopic (exact) mass is 244 g/mol. The lowest BCUT2D eigenvalue weighted by atomic mass is 10.2. The van der Waals surface area contributed by atoms with Crippen LogP contribution in [0.4, 0.5) is 0 Å². The van der Waals surface area contributed by atoms with Crippen LogP contribution in [0.1, 0.15) is 12.5 Å². The van der Waals surface area contributed by atoms with Crippen molar-refractivity contribution in [3.8, 4) is 0 Å². The molecular weight excluding hydrogens is 232 g/mol. The zero-order chi connectivity index (χ0) is 11.3. The maximum atomic E-state index is 11.1. The number of thioether (sulfide) groups is 1. The number of carbonyl (C=O) groups is 1. The molecule has 0 radical (unpaired) electrons. The van der Waals surface area contributed by atoms with E-state index in [0.29, 0.717) is 0 Å². The molecule has 0 saturated heterocycles. The predicted octanol–water partition coefficient (Wildman–Crippen LogP) is 1.95. The molecule has 0 aliphatic heterocycles. The van der Waals surface area contributed by atoms with Gasteiger partial charge in [0.15, 0.2) is 0 Å². The van der Waals surface area contributed by atoms with E-state index in [2.05, 4.69) is 5.43 Å². The number of hydrogen-bond acceptors (Lipinski definition) is 3. The number of nitrogens with two attached hydrogens (primary N) is 1. The molecule has 1 aromatic carbocycles. The standard InChI is InChI=1S/C10H13ClN2OS/c1-7(10(14)13-12)15-6-8-2-4-9(11)5-3-8/h2-5,7H,6,12H2,1H3,(H,13,14). The highest BCUT2D eigenvalue weighted by molar-refractivity contribution is 7.99. The molecular formula is C10H13ClN2OS. The summed E-state index contributed by atoms with van der Waals surface area (Å²) in [5, 5.41) is 0.571. The molecule has 0 fully saturated rings. The first-order valence-electron chi connectivity index (χ1n) is 4.50. The second-order valence-electron chi connectivity index (χ2n) is 3.09. The summed E-state index contributed by atoms with van der Waals surface area (Å²) in [6, 6.07) is 7.57. The van der Waals surface area contributed by atoms with Crippen LogP contribution >= 0.6 is 23.4 Å². The lowest BCUT2D eigenvalue weighted by molar-refractivity contribution is -0.120. The van der Waals surface area contributed by atoms with E-state index >= 15 is 0 Å². The Morgan fingerprint density at radius 3 is 2.67 bits per heavy atom. The second kappa shape index (κ2) is 6.00. The van der Waals surface area contributed by atoms with E-state index in [9.17, 15) is 4.79 Å². The summed E-state index contributed by atoms with van der Waals surface area (Å²) >= 11 is 7.29. The molecule has 5 heteroatoms. The van der Waals surface area contributed by atoms with Crippen molar-refractivity contribution >= 4 is 29.3 Å². The number of amides is 1. The molecule has 1 rings (SSSR count). The summed E-state index contributed by atoms with van der Waals surface area (Å²) in [4.78, 5) is 11.1. The van der Waals surface area contributed by atoms with Crippen molar-refractivity contribution in [2.24, 2.45) is 5.84 Å². The molecule has 1 atom stereocenters. The summed E-state index contributed by atoms with van der Waals surface area (Å²) in [6.45, 7) is 1.82. The molecule has 1 amide bonds. The Labute approximate surface area is 98.3 Å². The largest absolute Gasteiger partial charge is 0.293 e. The van der Waals surface area contributed by atoms with Gasteiger partial charge in [0.25, 0.3) is 0 Å². The van der Waals surface area contributed by atoms with E-state index < -0.39 is 0 Å². The first kappa shape index (κ1) is 12.4. The Balaban J connectivity index is 2.43. The van der Waals surface area contributed by atoms with Crippen molar-refractivity contribution in [2.45, 2.75) is 17.9 Å². The lowest BCUT2D eigenvalue weighted by Crippen LogP contribution is -2.36. The van der Waals surface area contributed by atoms with Gasteiger partial charge in [-0.3, -0.25) is 10.2 Å². The fourth-order valence-electron chi connectivity index (χ4n) is 0.995. The smallest absolute Gasteiger partial charge is 0.246 e. The summed E-state index contributed by atoms with van der Waals surface area (Å²) in [6.07, 6.45) is 0. The predicted molar refractivity (Wildman–Crippen MR) is 64.5 cm³/mol. The average molecular weight is 245 g/mol. The molecule has 1 aromatic rings. The summed E-state index contributed by atoms with van der Waals surface area (Å²) in [5.74, 6) is 5.64. The molecule has 15 heavy (non-hydrogen) atoms. The van der Waals surface area contributed by atoms with E-state index in [1.807, 2.05) is 31.2 Å². The molecule has 1 unspecified atom stereocenters. The lowest BCUT2D eigenvalue weighted by Gasteiger charge is -2.09. The molecule has 0 saturated carbocycles. The van der Waals surface area contributed by atoms with Crippen LogP contribution in [-0.2, 0) is 10.5 Å². The molecule has 0 aliphatic carbocycles. The molecule has 0 spiro atoms. The zero-order valence-electron chi connectivity index (χ0n) is 8.37. The van der Waals surface area contributed by atoms with Crippen molar-refractivity contribution in [3.05, 3.63) is 34.9 Å². The Bertz CT molecular complexity index is 329. The third kappa shape index (κ3) is 4.11. The number of rotatable bonds is 4. The van der Waals surface area contributed by atoms with Crippen LogP contribution in [-0.4, -0.2) is 11.2 Å².